The summed E-state index contributed by atoms with van der Waals surface area (Å²) >= 11 is 0. The number of carbonyl (C=O) groups is 1. The molecule has 2 N–H and O–H groups in total. The minimum absolute atomic E-state index is 0. The van der Waals surface area contributed by atoms with Gasteiger partial charge in [0.1, 0.15) is 18.2 Å². The molecule has 0 aliphatic rings. The van der Waals surface area contributed by atoms with Crippen LogP contribution in [0.2, 0.25) is 0 Å². The first-order chi connectivity index (χ1) is 6.02. The predicted molar refractivity (Wildman–Crippen MR) is 36.7 cm³/mol. The molecule has 0 bridgehead atoms. The molecule has 0 aromatic heterocycles. The monoisotopic (exact) mass is 187 g/mol. The SMILES string of the molecule is N#CC(C#N)(C#N)C(=O)OB(O)O.[H-].[Li+]. The average molecular weight is 187 g/mol. The van der Waals surface area contributed by atoms with E-state index in [-0.39, 0.29) is 20.3 Å². The Bertz CT molecular complexity index is 308. The number of hydrogen-bond acceptors (Lipinski definition) is 7. The van der Waals surface area contributed by atoms with Crippen LogP contribution in [-0.4, -0.2) is 23.3 Å². The van der Waals surface area contributed by atoms with Crippen LogP contribution in [0.15, 0.2) is 0 Å². The molecule has 0 aliphatic carbocycles. The average Bonchev–Trinajstić information content (AvgIpc) is 2.07. The molecule has 0 unspecified atom stereocenters. The second kappa shape index (κ2) is 6.05. The molecular formula is C5H3BLiN3O4. The van der Waals surface area contributed by atoms with Gasteiger partial charge in [0, 0.05) is 0 Å². The molecule has 0 spiro atoms. The summed E-state index contributed by atoms with van der Waals surface area (Å²) in [5.41, 5.74) is -2.65. The van der Waals surface area contributed by atoms with Crippen molar-refractivity contribution in [2.45, 2.75) is 0 Å². The van der Waals surface area contributed by atoms with E-state index in [9.17, 15) is 4.79 Å². The molecule has 14 heavy (non-hydrogen) atoms. The topological polar surface area (TPSA) is 138 Å². The third kappa shape index (κ3) is 3.11. The van der Waals surface area contributed by atoms with Crippen molar-refractivity contribution in [3.05, 3.63) is 0 Å². The Morgan fingerprint density at radius 1 is 1.29 bits per heavy atom. The second-order valence-corrected chi connectivity index (χ2v) is 1.82. The summed E-state index contributed by atoms with van der Waals surface area (Å²) in [6.45, 7) is 0. The molecule has 0 aromatic rings. The number of hydrogen-bond donors (Lipinski definition) is 2. The number of nitrogens with zero attached hydrogens (tertiary/aromatic N) is 3. The van der Waals surface area contributed by atoms with Crippen molar-refractivity contribution in [2.75, 3.05) is 0 Å². The van der Waals surface area contributed by atoms with Gasteiger partial charge in [-0.25, -0.2) is 4.79 Å². The molecule has 0 fully saturated rings. The summed E-state index contributed by atoms with van der Waals surface area (Å²) in [5.74, 6) is -1.62. The van der Waals surface area contributed by atoms with E-state index in [1.807, 2.05) is 0 Å². The third-order valence-electron chi connectivity index (χ3n) is 1.02. The van der Waals surface area contributed by atoms with Gasteiger partial charge in [-0.05, 0) is 0 Å². The largest absolute Gasteiger partial charge is 1.00 e. The Balaban J connectivity index is -0.000000720. The van der Waals surface area contributed by atoms with E-state index in [1.54, 1.807) is 0 Å². The molecule has 66 valence electrons. The third-order valence-corrected chi connectivity index (χ3v) is 1.02. The summed E-state index contributed by atoms with van der Waals surface area (Å²) in [5, 5.41) is 41.2. The Labute approximate surface area is 93.0 Å². The van der Waals surface area contributed by atoms with Crippen LogP contribution < -0.4 is 18.9 Å². The zero-order chi connectivity index (χ0) is 10.5. The fourth-order valence-electron chi connectivity index (χ4n) is 0.396. The van der Waals surface area contributed by atoms with Crippen molar-refractivity contribution >= 4 is 13.3 Å². The van der Waals surface area contributed by atoms with E-state index in [2.05, 4.69) is 4.65 Å². The summed E-state index contributed by atoms with van der Waals surface area (Å²) in [4.78, 5) is 10.8. The van der Waals surface area contributed by atoms with E-state index in [4.69, 9.17) is 25.8 Å². The molecule has 0 radical (unpaired) electrons. The van der Waals surface area contributed by atoms with Crippen LogP contribution in [0.25, 0.3) is 0 Å². The van der Waals surface area contributed by atoms with Gasteiger partial charge in [0.2, 0.25) is 0 Å². The van der Waals surface area contributed by atoms with Crippen LogP contribution in [0.5, 0.6) is 0 Å². The fraction of sp³-hybridized carbons (Fsp3) is 0.200. The van der Waals surface area contributed by atoms with E-state index in [0.29, 0.717) is 0 Å². The molecule has 0 amide bonds. The van der Waals surface area contributed by atoms with Gasteiger partial charge in [-0.1, -0.05) is 0 Å². The quantitative estimate of drug-likeness (QED) is 0.413. The van der Waals surface area contributed by atoms with Crippen LogP contribution in [0.3, 0.4) is 0 Å². The Morgan fingerprint density at radius 3 is 1.86 bits per heavy atom. The first kappa shape index (κ1) is 15.0. The zero-order valence-corrected chi connectivity index (χ0v) is 7.13. The van der Waals surface area contributed by atoms with Crippen LogP contribution in [0.1, 0.15) is 1.43 Å². The molecule has 7 nitrogen and oxygen atoms in total. The minimum Gasteiger partial charge on any atom is -1.00 e. The van der Waals surface area contributed by atoms with Gasteiger partial charge >= 0.3 is 37.6 Å². The number of carbonyl (C=O) groups excluding carboxylic acids is 1. The summed E-state index contributed by atoms with van der Waals surface area (Å²) in [7, 11) is -2.46. The van der Waals surface area contributed by atoms with Crippen molar-refractivity contribution in [3.8, 4) is 18.2 Å². The van der Waals surface area contributed by atoms with Crippen LogP contribution in [-0.2, 0) is 9.45 Å². The maximum absolute atomic E-state index is 10.8. The molecule has 0 atom stereocenters. The molecule has 9 heteroatoms. The molecular weight excluding hydrogens is 184 g/mol. The molecule has 0 rings (SSSR count). The van der Waals surface area contributed by atoms with Crippen LogP contribution in [0.4, 0.5) is 0 Å². The van der Waals surface area contributed by atoms with Crippen molar-refractivity contribution in [1.82, 2.24) is 0 Å². The summed E-state index contributed by atoms with van der Waals surface area (Å²) < 4.78 is 3.69. The van der Waals surface area contributed by atoms with Crippen molar-refractivity contribution < 1.29 is 39.8 Å². The number of rotatable bonds is 2. The van der Waals surface area contributed by atoms with E-state index < -0.39 is 18.7 Å². The van der Waals surface area contributed by atoms with Gasteiger partial charge in [0.15, 0.2) is 0 Å². The first-order valence-electron chi connectivity index (χ1n) is 2.83. The molecule has 0 saturated heterocycles. The standard InChI is InChI=1S/C5H2BN3O4.Li.H/c7-1-5(2-8,3-9)4(10)13-6(11)12;;/h11-12H;;/q;+1;-1. The maximum Gasteiger partial charge on any atom is 1.00 e. The number of nitriles is 3. The normalized spacial score (nSPS) is 8.21. The summed E-state index contributed by atoms with van der Waals surface area (Å²) in [6, 6.07) is 3.30. The Morgan fingerprint density at radius 2 is 1.64 bits per heavy atom. The maximum atomic E-state index is 10.8. The Kier molecular flexibility index (Phi) is 6.49. The van der Waals surface area contributed by atoms with Crippen molar-refractivity contribution in [3.63, 3.8) is 0 Å². The van der Waals surface area contributed by atoms with E-state index in [0.717, 1.165) is 18.2 Å². The predicted octanol–water partition coefficient (Wildman–Crippen LogP) is -4.83. The first-order valence-corrected chi connectivity index (χ1v) is 2.83. The second-order valence-electron chi connectivity index (χ2n) is 1.82. The van der Waals surface area contributed by atoms with Crippen molar-refractivity contribution in [1.29, 1.82) is 15.8 Å². The fourth-order valence-corrected chi connectivity index (χ4v) is 0.396. The van der Waals surface area contributed by atoms with Gasteiger partial charge in [-0.2, -0.15) is 15.8 Å². The molecule has 0 aromatic carbocycles. The van der Waals surface area contributed by atoms with Gasteiger partial charge in [0.25, 0.3) is 0 Å². The van der Waals surface area contributed by atoms with Gasteiger partial charge in [0.05, 0.1) is 0 Å². The van der Waals surface area contributed by atoms with Crippen LogP contribution >= 0.6 is 0 Å². The minimum atomic E-state index is -2.65. The van der Waals surface area contributed by atoms with E-state index in [1.165, 1.54) is 0 Å². The van der Waals surface area contributed by atoms with Gasteiger partial charge < -0.3 is 16.1 Å². The summed E-state index contributed by atoms with van der Waals surface area (Å²) in [6.07, 6.45) is 0. The molecule has 0 saturated carbocycles. The smallest absolute Gasteiger partial charge is 1.00 e. The van der Waals surface area contributed by atoms with Crippen LogP contribution in [0, 0.1) is 39.4 Å². The van der Waals surface area contributed by atoms with Gasteiger partial charge in [-0.15, -0.1) is 0 Å². The van der Waals surface area contributed by atoms with Crippen molar-refractivity contribution in [2.24, 2.45) is 5.41 Å². The molecule has 0 aliphatic heterocycles. The van der Waals surface area contributed by atoms with Gasteiger partial charge in [-0.3, -0.25) is 0 Å². The van der Waals surface area contributed by atoms with E-state index >= 15 is 0 Å². The Hall–Kier alpha value is -1.48. The molecule has 0 heterocycles. The zero-order valence-electron chi connectivity index (χ0n) is 8.13.